The molecule has 2 heterocycles. The van der Waals surface area contributed by atoms with Gasteiger partial charge in [0.1, 0.15) is 0 Å². The van der Waals surface area contributed by atoms with E-state index < -0.39 is 17.7 Å². The van der Waals surface area contributed by atoms with E-state index >= 15 is 0 Å². The lowest BCUT2D eigenvalue weighted by Crippen LogP contribution is -2.33. The molecular weight excluding hydrogens is 338 g/mol. The number of carbonyl (C=O) groups excluding carboxylic acids is 2. The maximum absolute atomic E-state index is 12.9. The van der Waals surface area contributed by atoms with Crippen molar-refractivity contribution in [1.29, 1.82) is 0 Å². The van der Waals surface area contributed by atoms with Crippen molar-refractivity contribution in [2.75, 3.05) is 13.2 Å². The van der Waals surface area contributed by atoms with Crippen LogP contribution in [0.4, 0.5) is 0 Å². The summed E-state index contributed by atoms with van der Waals surface area (Å²) in [5.74, 6) is -1.51. The Morgan fingerprint density at radius 3 is 2.52 bits per heavy atom. The zero-order valence-electron chi connectivity index (χ0n) is 13.8. The molecule has 1 aliphatic rings. The van der Waals surface area contributed by atoms with Crippen LogP contribution in [0.1, 0.15) is 33.8 Å². The molecule has 1 unspecified atom stereocenters. The monoisotopic (exact) mass is 357 g/mol. The number of rotatable bonds is 6. The Morgan fingerprint density at radius 2 is 1.96 bits per heavy atom. The molecule has 0 radical (unpaired) electrons. The van der Waals surface area contributed by atoms with Crippen LogP contribution in [-0.2, 0) is 11.2 Å². The average Bonchev–Trinajstić information content (AvgIpc) is 3.25. The van der Waals surface area contributed by atoms with Crippen molar-refractivity contribution < 1.29 is 19.8 Å². The minimum Gasteiger partial charge on any atom is -0.503 e. The van der Waals surface area contributed by atoms with Gasteiger partial charge in [-0.15, -0.1) is 11.3 Å². The van der Waals surface area contributed by atoms with Crippen molar-refractivity contribution in [3.63, 3.8) is 0 Å². The minimum atomic E-state index is -0.694. The Balaban J connectivity index is 2.07. The van der Waals surface area contributed by atoms with Crippen LogP contribution in [0.3, 0.4) is 0 Å². The Hall–Kier alpha value is -2.44. The third kappa shape index (κ3) is 3.10. The zero-order chi connectivity index (χ0) is 18.0. The first kappa shape index (κ1) is 17.4. The van der Waals surface area contributed by atoms with Gasteiger partial charge in [-0.3, -0.25) is 9.59 Å². The molecule has 2 aromatic rings. The predicted octanol–water partition coefficient (Wildman–Crippen LogP) is 2.88. The Bertz CT molecular complexity index is 808. The highest BCUT2D eigenvalue weighted by Crippen LogP contribution is 2.39. The van der Waals surface area contributed by atoms with Gasteiger partial charge in [-0.1, -0.05) is 37.3 Å². The zero-order valence-corrected chi connectivity index (χ0v) is 14.6. The largest absolute Gasteiger partial charge is 0.503 e. The second-order valence-corrected chi connectivity index (χ2v) is 6.74. The van der Waals surface area contributed by atoms with Gasteiger partial charge in [-0.2, -0.15) is 0 Å². The summed E-state index contributed by atoms with van der Waals surface area (Å²) in [4.78, 5) is 27.1. The van der Waals surface area contributed by atoms with Gasteiger partial charge in [0.05, 0.1) is 23.1 Å². The van der Waals surface area contributed by atoms with E-state index in [4.69, 9.17) is 0 Å². The van der Waals surface area contributed by atoms with Crippen molar-refractivity contribution in [3.8, 4) is 0 Å². The van der Waals surface area contributed by atoms with Crippen molar-refractivity contribution in [2.45, 2.75) is 19.4 Å². The molecule has 1 aromatic heterocycles. The molecule has 130 valence electrons. The third-order valence-corrected chi connectivity index (χ3v) is 5.21. The highest BCUT2D eigenvalue weighted by Gasteiger charge is 2.43. The molecule has 2 N–H and O–H groups in total. The van der Waals surface area contributed by atoms with Gasteiger partial charge in [0.25, 0.3) is 5.91 Å². The predicted molar refractivity (Wildman–Crippen MR) is 95.7 cm³/mol. The summed E-state index contributed by atoms with van der Waals surface area (Å²) in [6.07, 6.45) is 0.881. The van der Waals surface area contributed by atoms with Gasteiger partial charge in [0, 0.05) is 6.54 Å². The van der Waals surface area contributed by atoms with E-state index in [-0.39, 0.29) is 24.5 Å². The molecule has 1 amide bonds. The van der Waals surface area contributed by atoms with Crippen molar-refractivity contribution in [3.05, 3.63) is 69.1 Å². The molecule has 0 saturated heterocycles. The third-order valence-electron chi connectivity index (χ3n) is 4.34. The number of Topliss-reactive ketones (excluding diaryl/α,β-unsaturated/α-hetero) is 1. The number of aryl methyl sites for hydroxylation is 1. The van der Waals surface area contributed by atoms with Crippen LogP contribution >= 0.6 is 11.3 Å². The molecule has 1 atom stereocenters. The fourth-order valence-electron chi connectivity index (χ4n) is 3.05. The SMILES string of the molecule is CCc1ccc(C2C(C(=O)c3cccs3)=C(O)C(=O)N2CCO)cc1. The van der Waals surface area contributed by atoms with Gasteiger partial charge in [-0.05, 0) is 29.0 Å². The summed E-state index contributed by atoms with van der Waals surface area (Å²) in [6, 6.07) is 10.3. The number of nitrogens with zero attached hydrogens (tertiary/aromatic N) is 1. The van der Waals surface area contributed by atoms with Crippen LogP contribution < -0.4 is 0 Å². The van der Waals surface area contributed by atoms with E-state index in [0.29, 0.717) is 4.88 Å². The topological polar surface area (TPSA) is 77.8 Å². The van der Waals surface area contributed by atoms with Crippen LogP contribution in [0, 0.1) is 0 Å². The second-order valence-electron chi connectivity index (χ2n) is 5.79. The summed E-state index contributed by atoms with van der Waals surface area (Å²) in [5.41, 5.74) is 1.95. The van der Waals surface area contributed by atoms with Gasteiger partial charge in [0.15, 0.2) is 5.76 Å². The Morgan fingerprint density at radius 1 is 1.24 bits per heavy atom. The first-order valence-corrected chi connectivity index (χ1v) is 8.98. The summed E-state index contributed by atoms with van der Waals surface area (Å²) < 4.78 is 0. The fraction of sp³-hybridized carbons (Fsp3) is 0.263. The second kappa shape index (κ2) is 7.21. The number of benzene rings is 1. The van der Waals surface area contributed by atoms with Crippen LogP contribution in [0.25, 0.3) is 0 Å². The quantitative estimate of drug-likeness (QED) is 0.779. The lowest BCUT2D eigenvalue weighted by atomic mass is 9.94. The summed E-state index contributed by atoms with van der Waals surface area (Å²) in [7, 11) is 0. The summed E-state index contributed by atoms with van der Waals surface area (Å²) in [5, 5.41) is 21.4. The van der Waals surface area contributed by atoms with E-state index in [9.17, 15) is 19.8 Å². The molecule has 5 nitrogen and oxygen atoms in total. The first-order valence-electron chi connectivity index (χ1n) is 8.10. The smallest absolute Gasteiger partial charge is 0.290 e. The molecular formula is C19H19NO4S. The number of β-amino-alcohol motifs (C(OH)–C–C–N with tert-alkyl or cyclic N) is 1. The highest BCUT2D eigenvalue weighted by molar-refractivity contribution is 7.12. The minimum absolute atomic E-state index is 0.0459. The van der Waals surface area contributed by atoms with E-state index in [0.717, 1.165) is 17.5 Å². The molecule has 3 rings (SSSR count). The Labute approximate surface area is 149 Å². The van der Waals surface area contributed by atoms with Gasteiger partial charge < -0.3 is 15.1 Å². The number of ketones is 1. The molecule has 0 aliphatic carbocycles. The van der Waals surface area contributed by atoms with Gasteiger partial charge >= 0.3 is 0 Å². The summed E-state index contributed by atoms with van der Waals surface area (Å²) >= 11 is 1.27. The number of aliphatic hydroxyl groups is 2. The molecule has 1 aliphatic heterocycles. The molecule has 0 fully saturated rings. The summed E-state index contributed by atoms with van der Waals surface area (Å²) in [6.45, 7) is 1.84. The number of carbonyl (C=O) groups is 2. The lowest BCUT2D eigenvalue weighted by molar-refractivity contribution is -0.129. The van der Waals surface area contributed by atoms with Gasteiger partial charge in [-0.25, -0.2) is 0 Å². The number of hydrogen-bond acceptors (Lipinski definition) is 5. The van der Waals surface area contributed by atoms with Crippen LogP contribution in [0.5, 0.6) is 0 Å². The molecule has 1 aromatic carbocycles. The maximum atomic E-state index is 12.9. The van der Waals surface area contributed by atoms with Gasteiger partial charge in [0.2, 0.25) is 5.78 Å². The number of aliphatic hydroxyl groups excluding tert-OH is 2. The standard InChI is InChI=1S/C19H19NO4S/c1-2-12-5-7-13(8-6-12)16-15(17(22)14-4-3-11-25-14)18(23)19(24)20(16)9-10-21/h3-8,11,16,21,23H,2,9-10H2,1H3. The van der Waals surface area contributed by atoms with E-state index in [2.05, 4.69) is 0 Å². The van der Waals surface area contributed by atoms with E-state index in [1.165, 1.54) is 16.2 Å². The number of hydrogen-bond donors (Lipinski definition) is 2. The van der Waals surface area contributed by atoms with E-state index in [1.54, 1.807) is 17.5 Å². The van der Waals surface area contributed by atoms with Crippen LogP contribution in [0.2, 0.25) is 0 Å². The molecule has 0 bridgehead atoms. The first-order chi connectivity index (χ1) is 12.1. The normalized spacial score (nSPS) is 17.4. The number of thiophene rings is 1. The molecule has 0 saturated carbocycles. The fourth-order valence-corrected chi connectivity index (χ4v) is 3.72. The van der Waals surface area contributed by atoms with Crippen molar-refractivity contribution in [1.82, 2.24) is 4.90 Å². The average molecular weight is 357 g/mol. The van der Waals surface area contributed by atoms with E-state index in [1.807, 2.05) is 31.2 Å². The molecule has 25 heavy (non-hydrogen) atoms. The molecule has 0 spiro atoms. The maximum Gasteiger partial charge on any atom is 0.290 e. The number of amides is 1. The van der Waals surface area contributed by atoms with Crippen molar-refractivity contribution in [2.24, 2.45) is 0 Å². The van der Waals surface area contributed by atoms with Crippen molar-refractivity contribution >= 4 is 23.0 Å². The molecule has 6 heteroatoms. The Kier molecular flexibility index (Phi) is 5.01. The highest BCUT2D eigenvalue weighted by atomic mass is 32.1. The van der Waals surface area contributed by atoms with Crippen LogP contribution in [-0.4, -0.2) is 40.0 Å². The lowest BCUT2D eigenvalue weighted by Gasteiger charge is -2.26. The van der Waals surface area contributed by atoms with Crippen LogP contribution in [0.15, 0.2) is 53.1 Å².